The van der Waals surface area contributed by atoms with Gasteiger partial charge in [-0.05, 0) is 18.6 Å². The summed E-state index contributed by atoms with van der Waals surface area (Å²) in [4.78, 5) is 23.7. The molecular formula is C11H9Cl2NO4. The number of carbonyl (C=O) groups excluding carboxylic acids is 1. The Morgan fingerprint density at radius 1 is 1.33 bits per heavy atom. The van der Waals surface area contributed by atoms with E-state index in [4.69, 9.17) is 33.0 Å². The molecule has 0 saturated carbocycles. The number of carboxylic acids is 1. The van der Waals surface area contributed by atoms with Crippen LogP contribution in [0, 0.1) is 0 Å². The van der Waals surface area contributed by atoms with Crippen LogP contribution in [0.1, 0.15) is 16.8 Å². The van der Waals surface area contributed by atoms with Gasteiger partial charge in [0.1, 0.15) is 0 Å². The number of nitrogens with zero attached hydrogens (tertiary/aromatic N) is 1. The van der Waals surface area contributed by atoms with Gasteiger partial charge in [-0.3, -0.25) is 4.90 Å². The van der Waals surface area contributed by atoms with Crippen molar-refractivity contribution in [3.63, 3.8) is 0 Å². The highest BCUT2D eigenvalue weighted by molar-refractivity contribution is 6.40. The van der Waals surface area contributed by atoms with Gasteiger partial charge in [-0.2, -0.15) is 0 Å². The summed E-state index contributed by atoms with van der Waals surface area (Å²) in [6.07, 6.45) is 0.132. The number of carbonyl (C=O) groups is 2. The van der Waals surface area contributed by atoms with Gasteiger partial charge >= 0.3 is 12.1 Å². The Labute approximate surface area is 113 Å². The van der Waals surface area contributed by atoms with E-state index >= 15 is 0 Å². The summed E-state index contributed by atoms with van der Waals surface area (Å²) in [5.41, 5.74) is 0.257. The molecule has 0 spiro atoms. The second-order valence-corrected chi connectivity index (χ2v) is 4.53. The van der Waals surface area contributed by atoms with Gasteiger partial charge in [0.05, 0.1) is 27.9 Å². The first-order valence-corrected chi connectivity index (χ1v) is 5.93. The van der Waals surface area contributed by atoms with Crippen molar-refractivity contribution in [1.29, 1.82) is 0 Å². The Hall–Kier alpha value is -1.46. The summed E-state index contributed by atoms with van der Waals surface area (Å²) >= 11 is 12.0. The maximum Gasteiger partial charge on any atom is 0.414 e. The monoisotopic (exact) mass is 289 g/mol. The largest absolute Gasteiger partial charge is 0.478 e. The van der Waals surface area contributed by atoms with E-state index in [2.05, 4.69) is 0 Å². The molecule has 1 aliphatic rings. The molecule has 0 aromatic heterocycles. The van der Waals surface area contributed by atoms with Gasteiger partial charge in [0, 0.05) is 6.54 Å². The second-order valence-electron chi connectivity index (χ2n) is 3.71. The molecule has 1 fully saturated rings. The Morgan fingerprint density at radius 2 is 1.94 bits per heavy atom. The summed E-state index contributed by atoms with van der Waals surface area (Å²) in [6, 6.07) is 2.51. The molecule has 0 atom stereocenters. The molecule has 96 valence electrons. The molecule has 1 aromatic carbocycles. The van der Waals surface area contributed by atoms with Crippen LogP contribution in [0.4, 0.5) is 10.5 Å². The summed E-state index contributed by atoms with van der Waals surface area (Å²) in [7, 11) is 0. The first-order chi connectivity index (χ1) is 8.50. The van der Waals surface area contributed by atoms with Gasteiger partial charge in [0.15, 0.2) is 0 Å². The van der Waals surface area contributed by atoms with E-state index in [-0.39, 0.29) is 21.3 Å². The number of rotatable bonds is 2. The Morgan fingerprint density at radius 3 is 2.44 bits per heavy atom. The standard InChI is InChI=1S/C11H9Cl2NO4/c12-7-4-6(10(15)16)5-8(13)9(7)14-2-1-3-18-11(14)17/h4-5H,1-3H2,(H,15,16). The number of aromatic carboxylic acids is 1. The lowest BCUT2D eigenvalue weighted by atomic mass is 10.2. The number of carboxylic acid groups (broad SMARTS) is 1. The predicted molar refractivity (Wildman–Crippen MR) is 66.7 cm³/mol. The van der Waals surface area contributed by atoms with Crippen molar-refractivity contribution in [2.24, 2.45) is 0 Å². The molecule has 0 bridgehead atoms. The summed E-state index contributed by atoms with van der Waals surface area (Å²) in [6.45, 7) is 0.794. The number of ether oxygens (including phenoxy) is 1. The topological polar surface area (TPSA) is 66.8 Å². The zero-order chi connectivity index (χ0) is 13.3. The van der Waals surface area contributed by atoms with Crippen molar-refractivity contribution in [2.45, 2.75) is 6.42 Å². The molecule has 18 heavy (non-hydrogen) atoms. The zero-order valence-corrected chi connectivity index (χ0v) is 10.7. The van der Waals surface area contributed by atoms with E-state index in [1.165, 1.54) is 17.0 Å². The molecule has 1 amide bonds. The molecule has 1 heterocycles. The van der Waals surface area contributed by atoms with E-state index in [9.17, 15) is 9.59 Å². The quantitative estimate of drug-likeness (QED) is 0.909. The zero-order valence-electron chi connectivity index (χ0n) is 9.15. The minimum atomic E-state index is -1.13. The lowest BCUT2D eigenvalue weighted by Gasteiger charge is -2.27. The number of benzene rings is 1. The molecule has 0 unspecified atom stereocenters. The van der Waals surface area contributed by atoms with Crippen molar-refractivity contribution in [3.05, 3.63) is 27.7 Å². The minimum absolute atomic E-state index is 0.0286. The number of amides is 1. The van der Waals surface area contributed by atoms with Crippen molar-refractivity contribution in [3.8, 4) is 0 Å². The van der Waals surface area contributed by atoms with Crippen LogP contribution in [0.25, 0.3) is 0 Å². The molecule has 1 aliphatic heterocycles. The smallest absolute Gasteiger partial charge is 0.414 e. The average molecular weight is 290 g/mol. The molecule has 1 N–H and O–H groups in total. The second kappa shape index (κ2) is 5.04. The van der Waals surface area contributed by atoms with Crippen LogP contribution in [0.15, 0.2) is 12.1 Å². The Balaban J connectivity index is 2.44. The van der Waals surface area contributed by atoms with Gasteiger partial charge in [-0.25, -0.2) is 9.59 Å². The fourth-order valence-electron chi connectivity index (χ4n) is 1.70. The minimum Gasteiger partial charge on any atom is -0.478 e. The molecule has 0 aliphatic carbocycles. The van der Waals surface area contributed by atoms with Crippen LogP contribution in [0.3, 0.4) is 0 Å². The van der Waals surface area contributed by atoms with Gasteiger partial charge in [0.2, 0.25) is 0 Å². The van der Waals surface area contributed by atoms with Crippen LogP contribution in [0.2, 0.25) is 10.0 Å². The highest BCUT2D eigenvalue weighted by Crippen LogP contribution is 2.36. The third-order valence-corrected chi connectivity index (χ3v) is 3.08. The Bertz CT molecular complexity index is 495. The fraction of sp³-hybridized carbons (Fsp3) is 0.273. The normalized spacial score (nSPS) is 15.4. The van der Waals surface area contributed by atoms with E-state index < -0.39 is 12.1 Å². The van der Waals surface area contributed by atoms with Crippen molar-refractivity contribution < 1.29 is 19.4 Å². The SMILES string of the molecule is O=C(O)c1cc(Cl)c(N2CCCOC2=O)c(Cl)c1. The highest BCUT2D eigenvalue weighted by Gasteiger charge is 2.26. The number of hydrogen-bond donors (Lipinski definition) is 1. The van der Waals surface area contributed by atoms with E-state index in [1.807, 2.05) is 0 Å². The molecule has 5 nitrogen and oxygen atoms in total. The maximum atomic E-state index is 11.6. The third-order valence-electron chi connectivity index (χ3n) is 2.51. The van der Waals surface area contributed by atoms with Crippen molar-refractivity contribution in [2.75, 3.05) is 18.1 Å². The number of hydrogen-bond acceptors (Lipinski definition) is 3. The lowest BCUT2D eigenvalue weighted by Crippen LogP contribution is -2.38. The molecule has 1 aromatic rings. The van der Waals surface area contributed by atoms with Gasteiger partial charge < -0.3 is 9.84 Å². The third kappa shape index (κ3) is 2.37. The summed E-state index contributed by atoms with van der Waals surface area (Å²) in [5.74, 6) is -1.13. The molecule has 7 heteroatoms. The summed E-state index contributed by atoms with van der Waals surface area (Å²) in [5, 5.41) is 9.08. The molecular weight excluding hydrogens is 281 g/mol. The van der Waals surface area contributed by atoms with E-state index in [0.717, 1.165) is 0 Å². The van der Waals surface area contributed by atoms with Crippen LogP contribution >= 0.6 is 23.2 Å². The number of anilines is 1. The van der Waals surface area contributed by atoms with Gasteiger partial charge in [0.25, 0.3) is 0 Å². The van der Waals surface area contributed by atoms with Crippen LogP contribution in [-0.2, 0) is 4.74 Å². The molecule has 2 rings (SSSR count). The van der Waals surface area contributed by atoms with Crippen LogP contribution in [-0.4, -0.2) is 30.3 Å². The predicted octanol–water partition coefficient (Wildman–Crippen LogP) is 3.04. The van der Waals surface area contributed by atoms with Crippen LogP contribution < -0.4 is 4.90 Å². The molecule has 1 saturated heterocycles. The first kappa shape index (κ1) is 13.0. The van der Waals surface area contributed by atoms with E-state index in [1.54, 1.807) is 0 Å². The summed E-state index contributed by atoms with van der Waals surface area (Å²) < 4.78 is 4.89. The van der Waals surface area contributed by atoms with Crippen molar-refractivity contribution in [1.82, 2.24) is 0 Å². The Kier molecular flexibility index (Phi) is 3.63. The van der Waals surface area contributed by atoms with Crippen molar-refractivity contribution >= 4 is 41.0 Å². The average Bonchev–Trinajstić information content (AvgIpc) is 2.30. The maximum absolute atomic E-state index is 11.6. The fourth-order valence-corrected chi connectivity index (χ4v) is 2.39. The molecule has 0 radical (unpaired) electrons. The lowest BCUT2D eigenvalue weighted by molar-refractivity contribution is 0.0697. The first-order valence-electron chi connectivity index (χ1n) is 5.17. The van der Waals surface area contributed by atoms with E-state index in [0.29, 0.717) is 19.6 Å². The van der Waals surface area contributed by atoms with Crippen LogP contribution in [0.5, 0.6) is 0 Å². The van der Waals surface area contributed by atoms with Gasteiger partial charge in [-0.1, -0.05) is 23.2 Å². The number of halogens is 2. The number of cyclic esters (lactones) is 1. The highest BCUT2D eigenvalue weighted by atomic mass is 35.5. The van der Waals surface area contributed by atoms with Gasteiger partial charge in [-0.15, -0.1) is 0 Å².